The number of aliphatic hydroxyl groups is 1. The van der Waals surface area contributed by atoms with E-state index < -0.39 is 0 Å². The highest BCUT2D eigenvalue weighted by Gasteiger charge is 2.30. The van der Waals surface area contributed by atoms with Crippen LogP contribution < -0.4 is 15.4 Å². The summed E-state index contributed by atoms with van der Waals surface area (Å²) in [6.45, 7) is 14.7. The fourth-order valence-electron chi connectivity index (χ4n) is 4.35. The van der Waals surface area contributed by atoms with Crippen LogP contribution in [-0.4, -0.2) is 78.6 Å². The average molecular weight is 516 g/mol. The third-order valence-corrected chi connectivity index (χ3v) is 6.55. The Hall–Kier alpha value is -2.13. The maximum Gasteiger partial charge on any atom is 0.119 e. The van der Waals surface area contributed by atoms with Crippen LogP contribution in [0.25, 0.3) is 10.9 Å². The molecule has 0 amide bonds. The number of rotatable bonds is 11. The summed E-state index contributed by atoms with van der Waals surface area (Å²) < 4.78 is 5.39. The van der Waals surface area contributed by atoms with E-state index >= 15 is 0 Å². The lowest BCUT2D eigenvalue weighted by Gasteiger charge is -2.19. The summed E-state index contributed by atoms with van der Waals surface area (Å²) in [4.78, 5) is 11.3. The van der Waals surface area contributed by atoms with Gasteiger partial charge >= 0.3 is 0 Å². The molecule has 7 nitrogen and oxygen atoms in total. The van der Waals surface area contributed by atoms with Crippen molar-refractivity contribution < 1.29 is 9.84 Å². The highest BCUT2D eigenvalue weighted by atomic mass is 32.1. The lowest BCUT2D eigenvalue weighted by molar-refractivity contribution is 0.141. The molecule has 0 saturated carbocycles. The van der Waals surface area contributed by atoms with Crippen molar-refractivity contribution in [3.05, 3.63) is 47.8 Å². The lowest BCUT2D eigenvalue weighted by Crippen LogP contribution is -2.37. The van der Waals surface area contributed by atoms with Gasteiger partial charge in [-0.2, -0.15) is 12.6 Å². The minimum Gasteiger partial charge on any atom is -0.497 e. The number of allylic oxidation sites excluding steroid dienone is 1. The van der Waals surface area contributed by atoms with E-state index in [0.717, 1.165) is 60.8 Å². The van der Waals surface area contributed by atoms with Crippen molar-refractivity contribution in [1.82, 2.24) is 20.5 Å². The van der Waals surface area contributed by atoms with Crippen LogP contribution in [-0.2, 0) is 6.42 Å². The Labute approximate surface area is 222 Å². The number of nitrogens with zero attached hydrogens (tertiary/aromatic N) is 3. The molecule has 1 aromatic heterocycles. The van der Waals surface area contributed by atoms with Gasteiger partial charge in [0.15, 0.2) is 0 Å². The Balaban J connectivity index is 0.00000222. The number of aromatic nitrogens is 1. The number of fused-ring (bicyclic) bond motifs is 1. The first kappa shape index (κ1) is 30.1. The molecule has 3 atom stereocenters. The number of pyridine rings is 1. The highest BCUT2D eigenvalue weighted by molar-refractivity contribution is 7.81. The van der Waals surface area contributed by atoms with Crippen molar-refractivity contribution >= 4 is 29.4 Å². The number of hydrogen-bond acceptors (Lipinski definition) is 7. The van der Waals surface area contributed by atoms with Crippen LogP contribution in [0.1, 0.15) is 40.2 Å². The van der Waals surface area contributed by atoms with Gasteiger partial charge in [0, 0.05) is 62.5 Å². The zero-order valence-corrected chi connectivity index (χ0v) is 23.7. The van der Waals surface area contributed by atoms with Gasteiger partial charge in [-0.3, -0.25) is 9.98 Å². The normalized spacial score (nSPS) is 19.7. The van der Waals surface area contributed by atoms with E-state index in [0.29, 0.717) is 13.1 Å². The van der Waals surface area contributed by atoms with Crippen LogP contribution >= 0.6 is 12.6 Å². The van der Waals surface area contributed by atoms with Crippen molar-refractivity contribution in [2.45, 2.75) is 52.4 Å². The standard InChI is InChI=1S/C26H39N5O2S.C2H6/c1-5-21(30-26(18(3)34)28-6-2)15-27-14-20-16-31(17-25(20)32)12-10-19-9-11-29-24-8-7-22(33-4)13-23(19)24;1-2/h5,7-9,11,13,18,20,25,27,32,34H,6,10,12,14-17H2,1-4H3,(H,28,30);1-2H3/b21-5-;. The minimum absolute atomic E-state index is 0.0544. The number of aliphatic imine (C=N–C) groups is 1. The van der Waals surface area contributed by atoms with Crippen molar-refractivity contribution in [3.8, 4) is 5.75 Å². The molecule has 1 aliphatic heterocycles. The molecule has 200 valence electrons. The SMILES string of the molecule is C/C=C(/CNCC1CN(CCc2ccnc3ccc(OC)cc23)CC1O)NC(=NCC)C(C)S.CC. The number of benzene rings is 1. The van der Waals surface area contributed by atoms with Gasteiger partial charge in [-0.15, -0.1) is 0 Å². The molecule has 1 fully saturated rings. The zero-order chi connectivity index (χ0) is 26.5. The average Bonchev–Trinajstić information content (AvgIpc) is 3.25. The summed E-state index contributed by atoms with van der Waals surface area (Å²) in [6.07, 6.45) is 4.51. The number of amidine groups is 1. The van der Waals surface area contributed by atoms with Gasteiger partial charge in [0.05, 0.1) is 24.0 Å². The van der Waals surface area contributed by atoms with Crippen molar-refractivity contribution in [1.29, 1.82) is 0 Å². The van der Waals surface area contributed by atoms with Crippen LogP contribution in [0.5, 0.6) is 5.75 Å². The van der Waals surface area contributed by atoms with Gasteiger partial charge in [0.1, 0.15) is 11.6 Å². The Morgan fingerprint density at radius 1 is 1.33 bits per heavy atom. The smallest absolute Gasteiger partial charge is 0.119 e. The molecule has 2 heterocycles. The Morgan fingerprint density at radius 3 is 2.78 bits per heavy atom. The summed E-state index contributed by atoms with van der Waals surface area (Å²) in [5.74, 6) is 1.94. The summed E-state index contributed by atoms with van der Waals surface area (Å²) >= 11 is 4.51. The van der Waals surface area contributed by atoms with E-state index in [2.05, 4.69) is 56.3 Å². The number of ether oxygens (including phenoxy) is 1. The number of aliphatic hydroxyl groups excluding tert-OH is 1. The molecule has 0 aliphatic carbocycles. The van der Waals surface area contributed by atoms with Crippen LogP contribution in [0.2, 0.25) is 0 Å². The lowest BCUT2D eigenvalue weighted by atomic mass is 10.1. The predicted octanol–water partition coefficient (Wildman–Crippen LogP) is 3.92. The first-order valence-corrected chi connectivity index (χ1v) is 13.6. The zero-order valence-electron chi connectivity index (χ0n) is 22.8. The molecular weight excluding hydrogens is 470 g/mol. The van der Waals surface area contributed by atoms with Crippen molar-refractivity contribution in [3.63, 3.8) is 0 Å². The molecule has 0 bridgehead atoms. The highest BCUT2D eigenvalue weighted by Crippen LogP contribution is 2.24. The number of hydrogen-bond donors (Lipinski definition) is 4. The van der Waals surface area contributed by atoms with Gasteiger partial charge in [0.2, 0.25) is 0 Å². The summed E-state index contributed by atoms with van der Waals surface area (Å²) in [6, 6.07) is 8.08. The molecule has 1 aliphatic rings. The largest absolute Gasteiger partial charge is 0.497 e. The molecule has 3 N–H and O–H groups in total. The van der Waals surface area contributed by atoms with Gasteiger partial charge in [-0.25, -0.2) is 0 Å². The van der Waals surface area contributed by atoms with E-state index in [1.807, 2.05) is 52.9 Å². The van der Waals surface area contributed by atoms with E-state index in [4.69, 9.17) is 4.74 Å². The monoisotopic (exact) mass is 515 g/mol. The molecule has 0 spiro atoms. The Bertz CT molecular complexity index is 995. The minimum atomic E-state index is -0.321. The van der Waals surface area contributed by atoms with Crippen molar-refractivity contribution in [2.24, 2.45) is 10.9 Å². The molecule has 3 unspecified atom stereocenters. The van der Waals surface area contributed by atoms with Crippen molar-refractivity contribution in [2.75, 3.05) is 46.4 Å². The third-order valence-electron chi connectivity index (χ3n) is 6.30. The van der Waals surface area contributed by atoms with Crippen LogP contribution in [0.15, 0.2) is 47.2 Å². The second-order valence-electron chi connectivity index (χ2n) is 8.80. The molecule has 2 aromatic rings. The van der Waals surface area contributed by atoms with Crippen LogP contribution in [0, 0.1) is 5.92 Å². The van der Waals surface area contributed by atoms with Crippen LogP contribution in [0.3, 0.4) is 0 Å². The predicted molar refractivity (Wildman–Crippen MR) is 155 cm³/mol. The summed E-state index contributed by atoms with van der Waals surface area (Å²) in [5.41, 5.74) is 3.30. The first-order chi connectivity index (χ1) is 17.4. The molecule has 1 aromatic carbocycles. The van der Waals surface area contributed by atoms with E-state index in [-0.39, 0.29) is 17.3 Å². The maximum atomic E-state index is 10.6. The number of nitrogens with one attached hydrogen (secondary N) is 2. The Kier molecular flexibility index (Phi) is 13.3. The molecule has 3 rings (SSSR count). The first-order valence-electron chi connectivity index (χ1n) is 13.1. The fraction of sp³-hybridized carbons (Fsp3) is 0.571. The van der Waals surface area contributed by atoms with E-state index in [1.54, 1.807) is 7.11 Å². The molecule has 0 radical (unpaired) electrons. The molecular formula is C28H45N5O2S. The Morgan fingerprint density at radius 2 is 2.11 bits per heavy atom. The van der Waals surface area contributed by atoms with Crippen LogP contribution in [0.4, 0.5) is 0 Å². The van der Waals surface area contributed by atoms with Gasteiger partial charge in [0.25, 0.3) is 0 Å². The van der Waals surface area contributed by atoms with E-state index in [9.17, 15) is 5.11 Å². The molecule has 36 heavy (non-hydrogen) atoms. The van der Waals surface area contributed by atoms with Gasteiger partial charge in [-0.1, -0.05) is 19.9 Å². The second kappa shape index (κ2) is 15.9. The second-order valence-corrected chi connectivity index (χ2v) is 9.57. The van der Waals surface area contributed by atoms with E-state index in [1.165, 1.54) is 5.56 Å². The van der Waals surface area contributed by atoms with Gasteiger partial charge in [-0.05, 0) is 57.0 Å². The molecule has 8 heteroatoms. The summed E-state index contributed by atoms with van der Waals surface area (Å²) in [7, 11) is 1.69. The number of thiol groups is 1. The maximum absolute atomic E-state index is 10.6. The number of β-amino-alcohol motifs (C(OH)–C–C–N with tert-alkyl or cyclic N) is 1. The number of likely N-dealkylation sites (tertiary alicyclic amines) is 1. The fourth-order valence-corrected chi connectivity index (χ4v) is 4.50. The van der Waals surface area contributed by atoms with Gasteiger partial charge < -0.3 is 25.4 Å². The third kappa shape index (κ3) is 8.76. The summed E-state index contributed by atoms with van der Waals surface area (Å²) in [5, 5.41) is 18.7. The molecule has 1 saturated heterocycles. The number of methoxy groups -OCH3 is 1. The topological polar surface area (TPSA) is 82.0 Å². The quantitative estimate of drug-likeness (QED) is 0.206.